The summed E-state index contributed by atoms with van der Waals surface area (Å²) >= 11 is 0. The number of nitrogens with zero attached hydrogens (tertiary/aromatic N) is 1. The highest BCUT2D eigenvalue weighted by atomic mass is 16.3. The first-order valence-corrected chi connectivity index (χ1v) is 7.97. The van der Waals surface area contributed by atoms with Gasteiger partial charge in [0, 0.05) is 18.2 Å². The normalized spacial score (nSPS) is 11.7. The van der Waals surface area contributed by atoms with Crippen LogP contribution in [-0.2, 0) is 0 Å². The molecule has 4 heteroatoms. The number of phenolic OH excluding ortho intramolecular Hbond substituents is 1. The van der Waals surface area contributed by atoms with Crippen LogP contribution < -0.4 is 0 Å². The Hall–Kier alpha value is -3.27. The summed E-state index contributed by atoms with van der Waals surface area (Å²) in [5.41, 5.74) is 1.59. The van der Waals surface area contributed by atoms with Crippen molar-refractivity contribution in [2.24, 2.45) is 0 Å². The van der Waals surface area contributed by atoms with Gasteiger partial charge in [0.15, 0.2) is 11.6 Å². The van der Waals surface area contributed by atoms with E-state index in [1.165, 1.54) is 12.1 Å². The average Bonchev–Trinajstić information content (AvgIpc) is 2.67. The summed E-state index contributed by atoms with van der Waals surface area (Å²) in [5.74, 6) is -0.838. The third-order valence-corrected chi connectivity index (χ3v) is 4.01. The third kappa shape index (κ3) is 3.98. The number of carbonyl (C=O) groups is 2. The molecule has 0 aliphatic rings. The van der Waals surface area contributed by atoms with Crippen LogP contribution in [0.3, 0.4) is 0 Å². The van der Waals surface area contributed by atoms with Crippen molar-refractivity contribution in [1.82, 2.24) is 4.98 Å². The molecular weight excluding hydrogens is 314 g/mol. The van der Waals surface area contributed by atoms with Crippen LogP contribution in [0, 0.1) is 0 Å². The molecule has 1 unspecified atom stereocenters. The van der Waals surface area contributed by atoms with Gasteiger partial charge in [0.1, 0.15) is 11.4 Å². The Balaban J connectivity index is 1.90. The summed E-state index contributed by atoms with van der Waals surface area (Å²) in [5, 5.41) is 9.36. The second-order valence-electron chi connectivity index (χ2n) is 5.72. The molecule has 124 valence electrons. The van der Waals surface area contributed by atoms with Crippen LogP contribution in [-0.4, -0.2) is 21.7 Å². The number of pyridine rings is 1. The van der Waals surface area contributed by atoms with Crippen molar-refractivity contribution < 1.29 is 14.7 Å². The van der Waals surface area contributed by atoms with Gasteiger partial charge in [-0.2, -0.15) is 0 Å². The van der Waals surface area contributed by atoms with Crippen molar-refractivity contribution >= 4 is 11.6 Å². The Morgan fingerprint density at radius 1 is 0.880 bits per heavy atom. The van der Waals surface area contributed by atoms with E-state index in [0.717, 1.165) is 5.56 Å². The number of Topliss-reactive ketones (excluding diaryl/α,β-unsaturated/α-hetero) is 2. The number of rotatable bonds is 6. The summed E-state index contributed by atoms with van der Waals surface area (Å²) in [4.78, 5) is 29.7. The SMILES string of the molecule is O=C(CC(C(=O)c1ccccn1)c1ccccc1)c1ccc(O)cc1. The lowest BCUT2D eigenvalue weighted by molar-refractivity contribution is 0.0890. The minimum absolute atomic E-state index is 0.0458. The molecule has 3 aromatic rings. The lowest BCUT2D eigenvalue weighted by Crippen LogP contribution is -2.18. The quantitative estimate of drug-likeness (QED) is 0.693. The van der Waals surface area contributed by atoms with Gasteiger partial charge in [0.2, 0.25) is 0 Å². The van der Waals surface area contributed by atoms with Crippen LogP contribution in [0.2, 0.25) is 0 Å². The second-order valence-corrected chi connectivity index (χ2v) is 5.72. The zero-order chi connectivity index (χ0) is 17.6. The minimum atomic E-state index is -0.600. The van der Waals surface area contributed by atoms with Crippen LogP contribution in [0.5, 0.6) is 5.75 Å². The van der Waals surface area contributed by atoms with Gasteiger partial charge >= 0.3 is 0 Å². The topological polar surface area (TPSA) is 67.3 Å². The predicted molar refractivity (Wildman–Crippen MR) is 94.8 cm³/mol. The van der Waals surface area contributed by atoms with Gasteiger partial charge in [-0.15, -0.1) is 0 Å². The lowest BCUT2D eigenvalue weighted by atomic mass is 9.87. The van der Waals surface area contributed by atoms with E-state index in [-0.39, 0.29) is 23.7 Å². The Bertz CT molecular complexity index is 859. The van der Waals surface area contributed by atoms with E-state index in [1.807, 2.05) is 30.3 Å². The Morgan fingerprint density at radius 2 is 1.56 bits per heavy atom. The van der Waals surface area contributed by atoms with E-state index in [9.17, 15) is 14.7 Å². The van der Waals surface area contributed by atoms with Crippen LogP contribution in [0.15, 0.2) is 79.0 Å². The number of ketones is 2. The largest absolute Gasteiger partial charge is 0.508 e. The molecule has 0 aliphatic carbocycles. The van der Waals surface area contributed by atoms with Gasteiger partial charge in [0.05, 0.1) is 5.92 Å². The summed E-state index contributed by atoms with van der Waals surface area (Å²) in [7, 11) is 0. The molecule has 1 N–H and O–H groups in total. The van der Waals surface area contributed by atoms with Crippen molar-refractivity contribution in [2.75, 3.05) is 0 Å². The molecule has 0 aliphatic heterocycles. The molecule has 4 nitrogen and oxygen atoms in total. The number of phenols is 1. The van der Waals surface area contributed by atoms with Gasteiger partial charge in [-0.25, -0.2) is 0 Å². The molecule has 0 bridgehead atoms. The van der Waals surface area contributed by atoms with E-state index in [4.69, 9.17) is 0 Å². The fourth-order valence-corrected chi connectivity index (χ4v) is 2.68. The molecule has 1 atom stereocenters. The Kier molecular flexibility index (Phi) is 5.00. The highest BCUT2D eigenvalue weighted by Gasteiger charge is 2.26. The van der Waals surface area contributed by atoms with E-state index in [0.29, 0.717) is 11.3 Å². The molecule has 1 aromatic heterocycles. The van der Waals surface area contributed by atoms with Gasteiger partial charge in [0.25, 0.3) is 0 Å². The lowest BCUT2D eigenvalue weighted by Gasteiger charge is -2.15. The summed E-state index contributed by atoms with van der Waals surface area (Å²) in [6, 6.07) is 20.5. The third-order valence-electron chi connectivity index (χ3n) is 4.01. The maximum Gasteiger partial charge on any atom is 0.189 e. The first kappa shape index (κ1) is 16.6. The molecule has 2 aromatic carbocycles. The van der Waals surface area contributed by atoms with E-state index < -0.39 is 5.92 Å². The molecule has 0 spiro atoms. The molecule has 0 amide bonds. The predicted octanol–water partition coefficient (Wildman–Crippen LogP) is 4.03. The zero-order valence-corrected chi connectivity index (χ0v) is 13.5. The van der Waals surface area contributed by atoms with E-state index in [1.54, 1.807) is 36.5 Å². The highest BCUT2D eigenvalue weighted by Crippen LogP contribution is 2.26. The summed E-state index contributed by atoms with van der Waals surface area (Å²) in [6.07, 6.45) is 1.61. The van der Waals surface area contributed by atoms with Gasteiger partial charge in [-0.3, -0.25) is 14.6 Å². The molecule has 1 heterocycles. The van der Waals surface area contributed by atoms with Crippen molar-refractivity contribution in [3.8, 4) is 5.75 Å². The first-order chi connectivity index (χ1) is 12.1. The number of hydrogen-bond donors (Lipinski definition) is 1. The minimum Gasteiger partial charge on any atom is -0.508 e. The van der Waals surface area contributed by atoms with Crippen molar-refractivity contribution in [1.29, 1.82) is 0 Å². The standard InChI is InChI=1S/C21H17NO3/c23-17-11-9-16(10-12-17)20(24)14-18(15-6-2-1-3-7-15)21(25)19-8-4-5-13-22-19/h1-13,18,23H,14H2. The Labute approximate surface area is 145 Å². The second kappa shape index (κ2) is 7.53. The maximum atomic E-state index is 12.9. The molecule has 25 heavy (non-hydrogen) atoms. The van der Waals surface area contributed by atoms with Gasteiger partial charge in [-0.05, 0) is 42.0 Å². The number of hydrogen-bond acceptors (Lipinski definition) is 4. The van der Waals surface area contributed by atoms with Crippen LogP contribution in [0.1, 0.15) is 38.7 Å². The van der Waals surface area contributed by atoms with E-state index in [2.05, 4.69) is 4.98 Å². The number of carbonyl (C=O) groups excluding carboxylic acids is 2. The van der Waals surface area contributed by atoms with Gasteiger partial charge < -0.3 is 5.11 Å². The fourth-order valence-electron chi connectivity index (χ4n) is 2.68. The first-order valence-electron chi connectivity index (χ1n) is 7.97. The maximum absolute atomic E-state index is 12.9. The monoisotopic (exact) mass is 331 g/mol. The summed E-state index contributed by atoms with van der Waals surface area (Å²) in [6.45, 7) is 0. The average molecular weight is 331 g/mol. The van der Waals surface area contributed by atoms with Crippen molar-refractivity contribution in [2.45, 2.75) is 12.3 Å². The number of benzene rings is 2. The number of aromatic hydroxyl groups is 1. The van der Waals surface area contributed by atoms with Crippen LogP contribution in [0.25, 0.3) is 0 Å². The van der Waals surface area contributed by atoms with Crippen LogP contribution >= 0.6 is 0 Å². The van der Waals surface area contributed by atoms with Crippen molar-refractivity contribution in [3.63, 3.8) is 0 Å². The molecule has 0 saturated heterocycles. The fraction of sp³-hybridized carbons (Fsp3) is 0.0952. The zero-order valence-electron chi connectivity index (χ0n) is 13.5. The van der Waals surface area contributed by atoms with Crippen molar-refractivity contribution in [3.05, 3.63) is 95.8 Å². The Morgan fingerprint density at radius 3 is 2.20 bits per heavy atom. The highest BCUT2D eigenvalue weighted by molar-refractivity contribution is 6.05. The molecule has 0 radical (unpaired) electrons. The molecule has 0 saturated carbocycles. The smallest absolute Gasteiger partial charge is 0.189 e. The molecular formula is C21H17NO3. The van der Waals surface area contributed by atoms with E-state index >= 15 is 0 Å². The number of aromatic nitrogens is 1. The molecule has 0 fully saturated rings. The van der Waals surface area contributed by atoms with Gasteiger partial charge in [-0.1, -0.05) is 36.4 Å². The summed E-state index contributed by atoms with van der Waals surface area (Å²) < 4.78 is 0. The van der Waals surface area contributed by atoms with Crippen LogP contribution in [0.4, 0.5) is 0 Å². The molecule has 3 rings (SSSR count).